The van der Waals surface area contributed by atoms with E-state index in [1.807, 2.05) is 20.9 Å². The van der Waals surface area contributed by atoms with Crippen molar-refractivity contribution in [2.45, 2.75) is 45.3 Å². The van der Waals surface area contributed by atoms with Crippen molar-refractivity contribution < 1.29 is 4.79 Å². The second kappa shape index (κ2) is 7.49. The number of rotatable bonds is 7. The Labute approximate surface area is 138 Å². The van der Waals surface area contributed by atoms with E-state index in [0.29, 0.717) is 11.7 Å². The van der Waals surface area contributed by atoms with E-state index in [1.54, 1.807) is 9.25 Å². The van der Waals surface area contributed by atoms with Gasteiger partial charge in [-0.15, -0.1) is 5.10 Å². The molecule has 0 radical (unpaired) electrons. The minimum absolute atomic E-state index is 0.147. The Bertz CT molecular complexity index is 745. The zero-order chi connectivity index (χ0) is 17.0. The van der Waals surface area contributed by atoms with E-state index in [1.165, 1.54) is 11.8 Å². The van der Waals surface area contributed by atoms with Crippen molar-refractivity contribution in [3.8, 4) is 0 Å². The zero-order valence-electron chi connectivity index (χ0n) is 13.8. The number of amides is 1. The number of aromatic amines is 1. The summed E-state index contributed by atoms with van der Waals surface area (Å²) in [7, 11) is 1.84. The van der Waals surface area contributed by atoms with Gasteiger partial charge in [-0.05, 0) is 20.3 Å². The van der Waals surface area contributed by atoms with Gasteiger partial charge < -0.3 is 5.32 Å². The van der Waals surface area contributed by atoms with E-state index in [-0.39, 0.29) is 17.3 Å². The Hall–Kier alpha value is -2.03. The molecule has 0 atom stereocenters. The van der Waals surface area contributed by atoms with Crippen LogP contribution in [0.5, 0.6) is 0 Å². The first-order valence-corrected chi connectivity index (χ1v) is 8.50. The van der Waals surface area contributed by atoms with Crippen LogP contribution in [-0.4, -0.2) is 36.2 Å². The number of nitrogens with one attached hydrogen (secondary N) is 2. The van der Waals surface area contributed by atoms with E-state index in [9.17, 15) is 9.59 Å². The SMILES string of the molecule is CCCCn1c(SCC(=O)Nc2c(C)nn(C)c2C)n[nH]c1=O. The van der Waals surface area contributed by atoms with Gasteiger partial charge in [-0.3, -0.25) is 14.0 Å². The number of carbonyl (C=O) groups is 1. The molecule has 0 spiro atoms. The summed E-state index contributed by atoms with van der Waals surface area (Å²) in [4.78, 5) is 23.8. The lowest BCUT2D eigenvalue weighted by Gasteiger charge is -2.06. The van der Waals surface area contributed by atoms with Crippen LogP contribution < -0.4 is 11.0 Å². The van der Waals surface area contributed by atoms with Gasteiger partial charge in [0, 0.05) is 13.6 Å². The minimum atomic E-state index is -0.236. The quantitative estimate of drug-likeness (QED) is 0.745. The molecule has 23 heavy (non-hydrogen) atoms. The second-order valence-electron chi connectivity index (χ2n) is 5.32. The molecule has 126 valence electrons. The molecule has 0 aliphatic heterocycles. The molecule has 0 saturated heterocycles. The molecule has 0 aliphatic carbocycles. The van der Waals surface area contributed by atoms with Gasteiger partial charge in [-0.25, -0.2) is 9.89 Å². The normalized spacial score (nSPS) is 11.0. The number of carbonyl (C=O) groups excluding carboxylic acids is 1. The molecule has 0 aliphatic rings. The highest BCUT2D eigenvalue weighted by molar-refractivity contribution is 7.99. The predicted molar refractivity (Wildman–Crippen MR) is 89.8 cm³/mol. The van der Waals surface area contributed by atoms with Crippen molar-refractivity contribution in [2.24, 2.45) is 7.05 Å². The smallest absolute Gasteiger partial charge is 0.322 e. The van der Waals surface area contributed by atoms with Crippen LogP contribution in [0.1, 0.15) is 31.2 Å². The average Bonchev–Trinajstić information content (AvgIpc) is 2.98. The molecule has 0 unspecified atom stereocenters. The maximum Gasteiger partial charge on any atom is 0.343 e. The van der Waals surface area contributed by atoms with E-state index in [0.717, 1.165) is 29.9 Å². The van der Waals surface area contributed by atoms with Gasteiger partial charge in [-0.2, -0.15) is 5.10 Å². The van der Waals surface area contributed by atoms with Crippen LogP contribution in [0.2, 0.25) is 0 Å². The summed E-state index contributed by atoms with van der Waals surface area (Å²) in [6, 6.07) is 0. The molecule has 2 heterocycles. The van der Waals surface area contributed by atoms with Crippen LogP contribution in [0.25, 0.3) is 0 Å². The van der Waals surface area contributed by atoms with Crippen molar-refractivity contribution in [2.75, 3.05) is 11.1 Å². The van der Waals surface area contributed by atoms with Crippen molar-refractivity contribution in [3.63, 3.8) is 0 Å². The first-order valence-electron chi connectivity index (χ1n) is 7.52. The first-order chi connectivity index (χ1) is 10.9. The number of aromatic nitrogens is 5. The Balaban J connectivity index is 1.98. The molecule has 2 rings (SSSR count). The molecule has 0 bridgehead atoms. The van der Waals surface area contributed by atoms with Crippen molar-refractivity contribution in [3.05, 3.63) is 21.9 Å². The first kappa shape index (κ1) is 17.3. The Morgan fingerprint density at radius 3 is 2.74 bits per heavy atom. The number of nitrogens with zero attached hydrogens (tertiary/aromatic N) is 4. The monoisotopic (exact) mass is 338 g/mol. The number of unbranched alkanes of at least 4 members (excludes halogenated alkanes) is 1. The van der Waals surface area contributed by atoms with E-state index >= 15 is 0 Å². The lowest BCUT2D eigenvalue weighted by atomic mass is 10.3. The van der Waals surface area contributed by atoms with Crippen LogP contribution in [0, 0.1) is 13.8 Å². The average molecular weight is 338 g/mol. The van der Waals surface area contributed by atoms with Gasteiger partial charge in [0.15, 0.2) is 5.16 Å². The van der Waals surface area contributed by atoms with Gasteiger partial charge >= 0.3 is 5.69 Å². The van der Waals surface area contributed by atoms with Crippen LogP contribution in [0.3, 0.4) is 0 Å². The van der Waals surface area contributed by atoms with Crippen LogP contribution >= 0.6 is 11.8 Å². The summed E-state index contributed by atoms with van der Waals surface area (Å²) in [6.45, 7) is 6.42. The van der Waals surface area contributed by atoms with Gasteiger partial charge in [-0.1, -0.05) is 25.1 Å². The highest BCUT2D eigenvalue weighted by Gasteiger charge is 2.15. The lowest BCUT2D eigenvalue weighted by molar-refractivity contribution is -0.113. The van der Waals surface area contributed by atoms with Crippen molar-refractivity contribution >= 4 is 23.4 Å². The van der Waals surface area contributed by atoms with Gasteiger partial charge in [0.1, 0.15) is 0 Å². The fraction of sp³-hybridized carbons (Fsp3) is 0.571. The molecular weight excluding hydrogens is 316 g/mol. The molecule has 1 amide bonds. The van der Waals surface area contributed by atoms with E-state index < -0.39 is 0 Å². The predicted octanol–water partition coefficient (Wildman–Crippen LogP) is 1.45. The number of thioether (sulfide) groups is 1. The standard InChI is InChI=1S/C14H22N6O2S/c1-5-6-7-20-13(22)16-17-14(20)23-8-11(21)15-12-9(2)18-19(4)10(12)3/h5-8H2,1-4H3,(H,15,21)(H,16,22). The molecule has 8 nitrogen and oxygen atoms in total. The largest absolute Gasteiger partial charge is 0.343 e. The number of anilines is 1. The summed E-state index contributed by atoms with van der Waals surface area (Å²) in [5, 5.41) is 14.1. The molecule has 2 N–H and O–H groups in total. The van der Waals surface area contributed by atoms with Gasteiger partial charge in [0.05, 0.1) is 22.8 Å². The number of hydrogen-bond donors (Lipinski definition) is 2. The third-order valence-electron chi connectivity index (χ3n) is 3.56. The maximum atomic E-state index is 12.1. The Morgan fingerprint density at radius 1 is 1.39 bits per heavy atom. The number of H-pyrrole nitrogens is 1. The zero-order valence-corrected chi connectivity index (χ0v) is 14.7. The lowest BCUT2D eigenvalue weighted by Crippen LogP contribution is -2.19. The molecule has 0 fully saturated rings. The molecular formula is C14H22N6O2S. The summed E-state index contributed by atoms with van der Waals surface area (Å²) >= 11 is 1.25. The van der Waals surface area contributed by atoms with Gasteiger partial charge in [0.25, 0.3) is 0 Å². The van der Waals surface area contributed by atoms with E-state index in [2.05, 4.69) is 27.5 Å². The second-order valence-corrected chi connectivity index (χ2v) is 6.27. The third kappa shape index (κ3) is 4.04. The minimum Gasteiger partial charge on any atom is -0.322 e. The third-order valence-corrected chi connectivity index (χ3v) is 4.54. The van der Waals surface area contributed by atoms with Crippen LogP contribution in [0.15, 0.2) is 9.95 Å². The highest BCUT2D eigenvalue weighted by Crippen LogP contribution is 2.20. The van der Waals surface area contributed by atoms with Crippen molar-refractivity contribution in [1.29, 1.82) is 0 Å². The summed E-state index contributed by atoms with van der Waals surface area (Å²) < 4.78 is 3.30. The van der Waals surface area contributed by atoms with E-state index in [4.69, 9.17) is 0 Å². The molecule has 9 heteroatoms. The summed E-state index contributed by atoms with van der Waals surface area (Å²) in [5.41, 5.74) is 2.19. The summed E-state index contributed by atoms with van der Waals surface area (Å²) in [5.74, 6) is 0.0381. The van der Waals surface area contributed by atoms with Crippen molar-refractivity contribution in [1.82, 2.24) is 24.5 Å². The fourth-order valence-corrected chi connectivity index (χ4v) is 2.96. The topological polar surface area (TPSA) is 97.6 Å². The fourth-order valence-electron chi connectivity index (χ4n) is 2.19. The van der Waals surface area contributed by atoms with Gasteiger partial charge in [0.2, 0.25) is 5.91 Å². The number of hydrogen-bond acceptors (Lipinski definition) is 5. The Morgan fingerprint density at radius 2 is 2.13 bits per heavy atom. The Kier molecular flexibility index (Phi) is 5.64. The number of aryl methyl sites for hydroxylation is 2. The highest BCUT2D eigenvalue weighted by atomic mass is 32.2. The summed E-state index contributed by atoms with van der Waals surface area (Å²) in [6.07, 6.45) is 1.88. The van der Waals surface area contributed by atoms with Crippen LogP contribution in [-0.2, 0) is 18.4 Å². The maximum absolute atomic E-state index is 12.1. The van der Waals surface area contributed by atoms with Crippen LogP contribution in [0.4, 0.5) is 5.69 Å². The molecule has 0 aromatic carbocycles. The molecule has 2 aromatic heterocycles. The molecule has 2 aromatic rings. The molecule has 0 saturated carbocycles.